The van der Waals surface area contributed by atoms with E-state index >= 15 is 0 Å². The quantitative estimate of drug-likeness (QED) is 0.680. The van der Waals surface area contributed by atoms with Gasteiger partial charge < -0.3 is 5.32 Å². The molecule has 1 aliphatic heterocycles. The van der Waals surface area contributed by atoms with Gasteiger partial charge in [0.15, 0.2) is 9.84 Å². The Hall–Kier alpha value is -1.84. The first-order valence-electron chi connectivity index (χ1n) is 5.91. The fourth-order valence-corrected chi connectivity index (χ4v) is 3.78. The van der Waals surface area contributed by atoms with Crippen LogP contribution in [0.1, 0.15) is 12.0 Å². The predicted molar refractivity (Wildman–Crippen MR) is 68.8 cm³/mol. The van der Waals surface area contributed by atoms with Crippen molar-refractivity contribution in [1.82, 2.24) is 0 Å². The first-order valence-corrected chi connectivity index (χ1v) is 7.73. The summed E-state index contributed by atoms with van der Waals surface area (Å²) in [5.74, 6) is -0.232. The van der Waals surface area contributed by atoms with Crippen molar-refractivity contribution in [3.63, 3.8) is 0 Å². The fourth-order valence-electron chi connectivity index (χ4n) is 2.11. The Morgan fingerprint density at radius 1 is 1.33 bits per heavy atom. The number of hydrogen-bond donors (Lipinski definition) is 1. The van der Waals surface area contributed by atoms with Gasteiger partial charge in [-0.15, -0.1) is 0 Å². The van der Waals surface area contributed by atoms with Crippen molar-refractivity contribution < 1.29 is 26.5 Å². The molecule has 1 N–H and O–H groups in total. The molecule has 0 amide bonds. The highest BCUT2D eigenvalue weighted by Gasteiger charge is 2.34. The summed E-state index contributed by atoms with van der Waals surface area (Å²) >= 11 is 0. The van der Waals surface area contributed by atoms with E-state index in [2.05, 4.69) is 5.32 Å². The molecule has 0 aromatic heterocycles. The molecular weight excluding hydrogens is 313 g/mol. The molecule has 21 heavy (non-hydrogen) atoms. The van der Waals surface area contributed by atoms with Gasteiger partial charge in [0, 0.05) is 12.1 Å². The molecule has 0 bridgehead atoms. The number of alkyl halides is 3. The highest BCUT2D eigenvalue weighted by atomic mass is 32.2. The molecule has 1 unspecified atom stereocenters. The lowest BCUT2D eigenvalue weighted by Gasteiger charge is -2.14. The zero-order valence-corrected chi connectivity index (χ0v) is 11.4. The van der Waals surface area contributed by atoms with E-state index in [-0.39, 0.29) is 23.6 Å². The number of nitrogens with zero attached hydrogens (tertiary/aromatic N) is 1. The maximum Gasteiger partial charge on any atom is 0.416 e. The Balaban J connectivity index is 2.30. The summed E-state index contributed by atoms with van der Waals surface area (Å²) in [5, 5.41) is 13.5. The van der Waals surface area contributed by atoms with Gasteiger partial charge in [-0.05, 0) is 18.6 Å². The molecule has 0 radical (unpaired) electrons. The van der Waals surface area contributed by atoms with Gasteiger partial charge in [-0.1, -0.05) is 0 Å². The van der Waals surface area contributed by atoms with Crippen LogP contribution in [0.3, 0.4) is 0 Å². The van der Waals surface area contributed by atoms with Crippen LogP contribution in [-0.4, -0.2) is 30.9 Å². The van der Waals surface area contributed by atoms with E-state index in [9.17, 15) is 31.7 Å². The van der Waals surface area contributed by atoms with Crippen LogP contribution < -0.4 is 5.32 Å². The molecule has 10 heteroatoms. The minimum atomic E-state index is -4.68. The minimum absolute atomic E-state index is 0.0426. The van der Waals surface area contributed by atoms with E-state index in [4.69, 9.17) is 0 Å². The second-order valence-electron chi connectivity index (χ2n) is 4.73. The molecule has 0 aliphatic carbocycles. The van der Waals surface area contributed by atoms with Crippen LogP contribution in [0.5, 0.6) is 0 Å². The molecule has 2 rings (SSSR count). The van der Waals surface area contributed by atoms with E-state index in [1.165, 1.54) is 0 Å². The zero-order valence-electron chi connectivity index (χ0n) is 10.6. The fraction of sp³-hybridized carbons (Fsp3) is 0.455. The number of nitro benzene ring substituents is 1. The molecule has 1 saturated heterocycles. The van der Waals surface area contributed by atoms with E-state index in [1.807, 2.05) is 0 Å². The van der Waals surface area contributed by atoms with E-state index in [1.54, 1.807) is 0 Å². The summed E-state index contributed by atoms with van der Waals surface area (Å²) in [4.78, 5) is 9.95. The van der Waals surface area contributed by atoms with Gasteiger partial charge in [0.05, 0.1) is 22.0 Å². The maximum atomic E-state index is 12.5. The highest BCUT2D eigenvalue weighted by molar-refractivity contribution is 7.91. The normalized spacial score (nSPS) is 21.2. The van der Waals surface area contributed by atoms with Crippen LogP contribution in [-0.2, 0) is 16.0 Å². The number of benzene rings is 1. The second-order valence-corrected chi connectivity index (χ2v) is 6.96. The molecule has 1 fully saturated rings. The van der Waals surface area contributed by atoms with Crippen molar-refractivity contribution >= 4 is 21.2 Å². The van der Waals surface area contributed by atoms with Crippen molar-refractivity contribution in [2.75, 3.05) is 16.8 Å². The Morgan fingerprint density at radius 3 is 2.48 bits per heavy atom. The number of rotatable bonds is 3. The van der Waals surface area contributed by atoms with Gasteiger partial charge in [0.2, 0.25) is 0 Å². The molecule has 116 valence electrons. The number of sulfone groups is 1. The molecule has 1 atom stereocenters. The smallest absolute Gasteiger partial charge is 0.376 e. The largest absolute Gasteiger partial charge is 0.416 e. The van der Waals surface area contributed by atoms with E-state index in [0.717, 1.165) is 12.1 Å². The Bertz CT molecular complexity index is 673. The third kappa shape index (κ3) is 3.63. The van der Waals surface area contributed by atoms with Gasteiger partial charge in [0.25, 0.3) is 5.69 Å². The summed E-state index contributed by atoms with van der Waals surface area (Å²) in [6.07, 6.45) is -4.42. The average molecular weight is 324 g/mol. The van der Waals surface area contributed by atoms with Crippen molar-refractivity contribution in [3.05, 3.63) is 33.9 Å². The van der Waals surface area contributed by atoms with Crippen LogP contribution in [0, 0.1) is 10.1 Å². The second kappa shape index (κ2) is 5.17. The van der Waals surface area contributed by atoms with Crippen molar-refractivity contribution in [3.8, 4) is 0 Å². The molecule has 1 aliphatic rings. The van der Waals surface area contributed by atoms with Crippen LogP contribution in [0.4, 0.5) is 24.5 Å². The van der Waals surface area contributed by atoms with Crippen molar-refractivity contribution in [1.29, 1.82) is 0 Å². The number of hydrogen-bond acceptors (Lipinski definition) is 5. The topological polar surface area (TPSA) is 89.3 Å². The minimum Gasteiger partial charge on any atom is -0.376 e. The SMILES string of the molecule is O=[N+]([O-])c1cc(C(F)(F)F)ccc1NC1CCS(=O)(=O)C1. The standard InChI is InChI=1S/C11H11F3N2O4S/c12-11(13,14)7-1-2-9(10(5-7)16(17)18)15-8-3-4-21(19,20)6-8/h1-2,5,8,15H,3-4,6H2. The lowest BCUT2D eigenvalue weighted by Crippen LogP contribution is -2.21. The summed E-state index contributed by atoms with van der Waals surface area (Å²) in [7, 11) is -3.19. The van der Waals surface area contributed by atoms with Crippen LogP contribution in [0.15, 0.2) is 18.2 Å². The zero-order chi connectivity index (χ0) is 15.8. The molecule has 1 aromatic carbocycles. The Morgan fingerprint density at radius 2 is 2.00 bits per heavy atom. The first-order chi connectivity index (χ1) is 9.58. The monoisotopic (exact) mass is 324 g/mol. The van der Waals surface area contributed by atoms with Crippen LogP contribution in [0.25, 0.3) is 0 Å². The van der Waals surface area contributed by atoms with Gasteiger partial charge in [0.1, 0.15) is 5.69 Å². The van der Waals surface area contributed by atoms with E-state index in [0.29, 0.717) is 6.07 Å². The Kier molecular flexibility index (Phi) is 3.83. The molecule has 6 nitrogen and oxygen atoms in total. The number of halogens is 3. The maximum absolute atomic E-state index is 12.5. The first kappa shape index (κ1) is 15.5. The predicted octanol–water partition coefficient (Wildman–Crippen LogP) is 2.21. The van der Waals surface area contributed by atoms with Crippen LogP contribution in [0.2, 0.25) is 0 Å². The number of nitro groups is 1. The van der Waals surface area contributed by atoms with E-state index < -0.39 is 38.2 Å². The molecule has 0 spiro atoms. The molecule has 1 aromatic rings. The van der Waals surface area contributed by atoms with Gasteiger partial charge in [-0.3, -0.25) is 10.1 Å². The molecule has 0 saturated carbocycles. The molecular formula is C11H11F3N2O4S. The van der Waals surface area contributed by atoms with Gasteiger partial charge in [-0.2, -0.15) is 13.2 Å². The van der Waals surface area contributed by atoms with Crippen molar-refractivity contribution in [2.24, 2.45) is 0 Å². The van der Waals surface area contributed by atoms with Crippen LogP contribution >= 0.6 is 0 Å². The molecule has 1 heterocycles. The number of anilines is 1. The summed E-state index contributed by atoms with van der Waals surface area (Å²) in [6.45, 7) is 0. The third-order valence-corrected chi connectivity index (χ3v) is 4.88. The number of nitrogens with one attached hydrogen (secondary N) is 1. The Labute approximate surface area is 118 Å². The van der Waals surface area contributed by atoms with Gasteiger partial charge in [-0.25, -0.2) is 8.42 Å². The highest BCUT2D eigenvalue weighted by Crippen LogP contribution is 2.35. The summed E-state index contributed by atoms with van der Waals surface area (Å²) in [5.41, 5.74) is -1.97. The average Bonchev–Trinajstić information content (AvgIpc) is 2.67. The van der Waals surface area contributed by atoms with Gasteiger partial charge >= 0.3 is 6.18 Å². The lowest BCUT2D eigenvalue weighted by atomic mass is 10.1. The van der Waals surface area contributed by atoms with Crippen molar-refractivity contribution in [2.45, 2.75) is 18.6 Å². The third-order valence-electron chi connectivity index (χ3n) is 3.11. The summed E-state index contributed by atoms with van der Waals surface area (Å²) in [6, 6.07) is 1.57. The summed E-state index contributed by atoms with van der Waals surface area (Å²) < 4.78 is 60.3. The lowest BCUT2D eigenvalue weighted by molar-refractivity contribution is -0.384.